The fraction of sp³-hybridized carbons (Fsp3) is 0.444. The molecule has 6 N–H and O–H groups in total. The van der Waals surface area contributed by atoms with Gasteiger partial charge < -0.3 is 21.8 Å². The number of aromatic amines is 1. The van der Waals surface area contributed by atoms with Crippen LogP contribution in [-0.2, 0) is 9.59 Å². The zero-order valence-electron chi connectivity index (χ0n) is 8.93. The number of amides is 2. The maximum Gasteiger partial charge on any atom is 0.238 e. The van der Waals surface area contributed by atoms with E-state index in [1.54, 1.807) is 19.3 Å². The number of hydrogen-bond donors (Lipinski definition) is 4. The van der Waals surface area contributed by atoms with Crippen molar-refractivity contribution in [2.24, 2.45) is 11.5 Å². The smallest absolute Gasteiger partial charge is 0.238 e. The Morgan fingerprint density at radius 2 is 2.31 bits per heavy atom. The molecule has 0 radical (unpaired) electrons. The van der Waals surface area contributed by atoms with Gasteiger partial charge in [-0.3, -0.25) is 9.59 Å². The zero-order valence-corrected chi connectivity index (χ0v) is 8.93. The summed E-state index contributed by atoms with van der Waals surface area (Å²) in [6.07, 6.45) is 3.07. The minimum absolute atomic E-state index is 0.170. The summed E-state index contributed by atoms with van der Waals surface area (Å²) >= 11 is 0. The third kappa shape index (κ3) is 3.35. The standard InChI is InChI=1S/C9H15N5O2/c1-5(8-12-2-3-13-8)14-9(16)6(10)4-7(11)15/h2-3,5-6H,4,10H2,1H3,(H2,11,15)(H,12,13)(H,14,16). The van der Waals surface area contributed by atoms with Crippen molar-refractivity contribution in [1.29, 1.82) is 0 Å². The van der Waals surface area contributed by atoms with Crippen molar-refractivity contribution in [3.8, 4) is 0 Å². The largest absolute Gasteiger partial charge is 0.370 e. The Morgan fingerprint density at radius 3 is 2.81 bits per heavy atom. The summed E-state index contributed by atoms with van der Waals surface area (Å²) in [6, 6.07) is -1.21. The van der Waals surface area contributed by atoms with Crippen molar-refractivity contribution in [2.75, 3.05) is 0 Å². The summed E-state index contributed by atoms with van der Waals surface area (Å²) in [5.74, 6) is -0.407. The molecule has 2 atom stereocenters. The lowest BCUT2D eigenvalue weighted by atomic mass is 10.2. The Labute approximate surface area is 92.6 Å². The maximum absolute atomic E-state index is 11.5. The molecule has 1 aromatic heterocycles. The first-order valence-electron chi connectivity index (χ1n) is 4.84. The lowest BCUT2D eigenvalue weighted by Gasteiger charge is -2.14. The van der Waals surface area contributed by atoms with Crippen LogP contribution < -0.4 is 16.8 Å². The summed E-state index contributed by atoms with van der Waals surface area (Å²) < 4.78 is 0. The van der Waals surface area contributed by atoms with Crippen molar-refractivity contribution in [1.82, 2.24) is 15.3 Å². The molecule has 0 saturated carbocycles. The molecule has 0 bridgehead atoms. The van der Waals surface area contributed by atoms with Crippen LogP contribution in [-0.4, -0.2) is 27.8 Å². The van der Waals surface area contributed by atoms with Crippen molar-refractivity contribution in [3.05, 3.63) is 18.2 Å². The third-order valence-corrected chi connectivity index (χ3v) is 2.05. The minimum Gasteiger partial charge on any atom is -0.370 e. The second-order valence-corrected chi connectivity index (χ2v) is 3.48. The molecule has 1 rings (SSSR count). The van der Waals surface area contributed by atoms with Gasteiger partial charge in [0.1, 0.15) is 5.82 Å². The van der Waals surface area contributed by atoms with E-state index >= 15 is 0 Å². The first-order chi connectivity index (χ1) is 7.50. The summed E-state index contributed by atoms with van der Waals surface area (Å²) in [5, 5.41) is 2.62. The fourth-order valence-corrected chi connectivity index (χ4v) is 1.21. The number of carbonyl (C=O) groups excluding carboxylic acids is 2. The lowest BCUT2D eigenvalue weighted by molar-refractivity contribution is -0.126. The molecular formula is C9H15N5O2. The molecule has 7 nitrogen and oxygen atoms in total. The Balaban J connectivity index is 2.48. The lowest BCUT2D eigenvalue weighted by Crippen LogP contribution is -2.43. The van der Waals surface area contributed by atoms with Crippen LogP contribution >= 0.6 is 0 Å². The highest BCUT2D eigenvalue weighted by Crippen LogP contribution is 2.05. The SMILES string of the molecule is CC(NC(=O)C(N)CC(N)=O)c1ncc[nH]1. The number of nitrogens with one attached hydrogen (secondary N) is 2. The van der Waals surface area contributed by atoms with Crippen LogP contribution in [0.4, 0.5) is 0 Å². The summed E-state index contributed by atoms with van der Waals surface area (Å²) in [5.41, 5.74) is 10.4. The average molecular weight is 225 g/mol. The van der Waals surface area contributed by atoms with Gasteiger partial charge in [0.15, 0.2) is 0 Å². The van der Waals surface area contributed by atoms with Gasteiger partial charge in [-0.05, 0) is 6.92 Å². The normalized spacial score (nSPS) is 14.1. The predicted octanol–water partition coefficient (Wildman–Crippen LogP) is -1.21. The first-order valence-corrected chi connectivity index (χ1v) is 4.84. The van der Waals surface area contributed by atoms with Crippen molar-refractivity contribution < 1.29 is 9.59 Å². The Bertz CT molecular complexity index is 362. The van der Waals surface area contributed by atoms with E-state index in [2.05, 4.69) is 15.3 Å². The van der Waals surface area contributed by atoms with E-state index in [4.69, 9.17) is 11.5 Å². The average Bonchev–Trinajstić information content (AvgIpc) is 2.68. The molecule has 1 heterocycles. The molecule has 2 amide bonds. The van der Waals surface area contributed by atoms with Crippen molar-refractivity contribution >= 4 is 11.8 Å². The zero-order chi connectivity index (χ0) is 12.1. The highest BCUT2D eigenvalue weighted by molar-refractivity contribution is 5.87. The van der Waals surface area contributed by atoms with Crippen LogP contribution in [0, 0.1) is 0 Å². The topological polar surface area (TPSA) is 127 Å². The van der Waals surface area contributed by atoms with Crippen LogP contribution in [0.3, 0.4) is 0 Å². The van der Waals surface area contributed by atoms with Crippen molar-refractivity contribution in [3.63, 3.8) is 0 Å². The van der Waals surface area contributed by atoms with Gasteiger partial charge in [-0.25, -0.2) is 4.98 Å². The van der Waals surface area contributed by atoms with Crippen LogP contribution in [0.1, 0.15) is 25.2 Å². The second-order valence-electron chi connectivity index (χ2n) is 3.48. The Kier molecular flexibility index (Phi) is 4.01. The molecule has 0 aromatic carbocycles. The van der Waals surface area contributed by atoms with Gasteiger partial charge in [-0.2, -0.15) is 0 Å². The first kappa shape index (κ1) is 12.2. The molecule has 1 aromatic rings. The monoisotopic (exact) mass is 225 g/mol. The van der Waals surface area contributed by atoms with E-state index in [0.29, 0.717) is 5.82 Å². The van der Waals surface area contributed by atoms with Gasteiger partial charge in [-0.15, -0.1) is 0 Å². The molecule has 0 spiro atoms. The van der Waals surface area contributed by atoms with Crippen LogP contribution in [0.25, 0.3) is 0 Å². The number of primary amides is 1. The van der Waals surface area contributed by atoms with E-state index in [1.807, 2.05) is 0 Å². The van der Waals surface area contributed by atoms with Gasteiger partial charge in [0.25, 0.3) is 0 Å². The fourth-order valence-electron chi connectivity index (χ4n) is 1.21. The van der Waals surface area contributed by atoms with Crippen LogP contribution in [0.15, 0.2) is 12.4 Å². The molecule has 0 saturated heterocycles. The maximum atomic E-state index is 11.5. The highest BCUT2D eigenvalue weighted by atomic mass is 16.2. The van der Waals surface area contributed by atoms with Crippen LogP contribution in [0.2, 0.25) is 0 Å². The number of carbonyl (C=O) groups is 2. The van der Waals surface area contributed by atoms with Gasteiger partial charge in [0, 0.05) is 12.4 Å². The van der Waals surface area contributed by atoms with E-state index < -0.39 is 17.9 Å². The molecule has 7 heteroatoms. The number of nitrogens with two attached hydrogens (primary N) is 2. The molecule has 16 heavy (non-hydrogen) atoms. The Hall–Kier alpha value is -1.89. The van der Waals surface area contributed by atoms with Gasteiger partial charge in [-0.1, -0.05) is 0 Å². The molecule has 0 aliphatic rings. The molecule has 2 unspecified atom stereocenters. The highest BCUT2D eigenvalue weighted by Gasteiger charge is 2.19. The summed E-state index contributed by atoms with van der Waals surface area (Å²) in [7, 11) is 0. The van der Waals surface area contributed by atoms with E-state index in [9.17, 15) is 9.59 Å². The summed E-state index contributed by atoms with van der Waals surface area (Å²) in [4.78, 5) is 28.9. The van der Waals surface area contributed by atoms with Gasteiger partial charge in [0.2, 0.25) is 11.8 Å². The number of H-pyrrole nitrogens is 1. The number of hydrogen-bond acceptors (Lipinski definition) is 4. The number of imidazole rings is 1. The molecule has 0 aliphatic heterocycles. The molecular weight excluding hydrogens is 210 g/mol. The van der Waals surface area contributed by atoms with E-state index in [-0.39, 0.29) is 12.5 Å². The second kappa shape index (κ2) is 5.26. The molecule has 0 aliphatic carbocycles. The Morgan fingerprint density at radius 1 is 1.62 bits per heavy atom. The number of aromatic nitrogens is 2. The van der Waals surface area contributed by atoms with E-state index in [0.717, 1.165) is 0 Å². The van der Waals surface area contributed by atoms with Gasteiger partial charge >= 0.3 is 0 Å². The minimum atomic E-state index is -0.921. The summed E-state index contributed by atoms with van der Waals surface area (Å²) in [6.45, 7) is 1.76. The van der Waals surface area contributed by atoms with Crippen molar-refractivity contribution in [2.45, 2.75) is 25.4 Å². The molecule has 0 fully saturated rings. The van der Waals surface area contributed by atoms with Crippen LogP contribution in [0.5, 0.6) is 0 Å². The quantitative estimate of drug-likeness (QED) is 0.501. The van der Waals surface area contributed by atoms with E-state index in [1.165, 1.54) is 0 Å². The van der Waals surface area contributed by atoms with Gasteiger partial charge in [0.05, 0.1) is 18.5 Å². The predicted molar refractivity (Wildman–Crippen MR) is 56.9 cm³/mol. The number of rotatable bonds is 5. The third-order valence-electron chi connectivity index (χ3n) is 2.05. The molecule has 88 valence electrons. The number of nitrogens with zero attached hydrogens (tertiary/aromatic N) is 1.